The third-order valence-corrected chi connectivity index (χ3v) is 3.31. The van der Waals surface area contributed by atoms with E-state index in [1.54, 1.807) is 24.3 Å². The van der Waals surface area contributed by atoms with Crippen molar-refractivity contribution in [1.29, 1.82) is 0 Å². The van der Waals surface area contributed by atoms with Crippen molar-refractivity contribution >= 4 is 24.4 Å². The molecule has 1 aromatic carbocycles. The second-order valence-electron chi connectivity index (χ2n) is 4.05. The van der Waals surface area contributed by atoms with Gasteiger partial charge >= 0.3 is 0 Å². The summed E-state index contributed by atoms with van der Waals surface area (Å²) in [5, 5.41) is 0. The van der Waals surface area contributed by atoms with Crippen LogP contribution >= 0.6 is 12.6 Å². The lowest BCUT2D eigenvalue weighted by molar-refractivity contribution is 0.0637. The first-order valence-electron chi connectivity index (χ1n) is 5.21. The summed E-state index contributed by atoms with van der Waals surface area (Å²) in [6.45, 7) is 2.41. The standard InChI is InChI=1S/C12H13NO2S/c1-8(7-16)6-13-11(14)9-4-2-3-5-10(9)12(13)15/h2-5,8,16H,6-7H2,1H3. The summed E-state index contributed by atoms with van der Waals surface area (Å²) < 4.78 is 0. The van der Waals surface area contributed by atoms with E-state index >= 15 is 0 Å². The molecule has 0 fully saturated rings. The lowest BCUT2D eigenvalue weighted by Gasteiger charge is -2.17. The average Bonchev–Trinajstić information content (AvgIpc) is 2.55. The van der Waals surface area contributed by atoms with E-state index < -0.39 is 0 Å². The van der Waals surface area contributed by atoms with Crippen LogP contribution in [0.3, 0.4) is 0 Å². The van der Waals surface area contributed by atoms with E-state index in [1.165, 1.54) is 4.90 Å². The summed E-state index contributed by atoms with van der Waals surface area (Å²) in [7, 11) is 0. The molecule has 4 heteroatoms. The number of nitrogens with zero attached hydrogens (tertiary/aromatic N) is 1. The molecular formula is C12H13NO2S. The van der Waals surface area contributed by atoms with Crippen molar-refractivity contribution in [3.8, 4) is 0 Å². The SMILES string of the molecule is CC(CS)CN1C(=O)c2ccccc2C1=O. The number of hydrogen-bond acceptors (Lipinski definition) is 3. The molecule has 0 radical (unpaired) electrons. The maximum Gasteiger partial charge on any atom is 0.261 e. The molecule has 0 N–H and O–H groups in total. The molecule has 84 valence electrons. The predicted octanol–water partition coefficient (Wildman–Crippen LogP) is 1.85. The topological polar surface area (TPSA) is 37.4 Å². The van der Waals surface area contributed by atoms with Crippen LogP contribution in [0.15, 0.2) is 24.3 Å². The summed E-state index contributed by atoms with van der Waals surface area (Å²) in [6, 6.07) is 6.94. The van der Waals surface area contributed by atoms with Crippen LogP contribution in [0.5, 0.6) is 0 Å². The van der Waals surface area contributed by atoms with Crippen LogP contribution in [-0.2, 0) is 0 Å². The predicted molar refractivity (Wildman–Crippen MR) is 64.8 cm³/mol. The van der Waals surface area contributed by atoms with Crippen LogP contribution in [0.25, 0.3) is 0 Å². The molecule has 3 nitrogen and oxygen atoms in total. The molecule has 0 aromatic heterocycles. The third-order valence-electron chi connectivity index (χ3n) is 2.68. The smallest absolute Gasteiger partial charge is 0.261 e. The highest BCUT2D eigenvalue weighted by atomic mass is 32.1. The quantitative estimate of drug-likeness (QED) is 0.641. The fourth-order valence-electron chi connectivity index (χ4n) is 1.77. The van der Waals surface area contributed by atoms with Gasteiger partial charge in [-0.05, 0) is 23.8 Å². The summed E-state index contributed by atoms with van der Waals surface area (Å²) in [5.41, 5.74) is 1.03. The molecule has 2 amide bonds. The summed E-state index contributed by atoms with van der Waals surface area (Å²) in [6.07, 6.45) is 0. The highest BCUT2D eigenvalue weighted by Gasteiger charge is 2.35. The van der Waals surface area contributed by atoms with E-state index in [9.17, 15) is 9.59 Å². The Kier molecular flexibility index (Phi) is 3.01. The number of hydrogen-bond donors (Lipinski definition) is 1. The largest absolute Gasteiger partial charge is 0.274 e. The lowest BCUT2D eigenvalue weighted by Crippen LogP contribution is -2.34. The van der Waals surface area contributed by atoms with Gasteiger partial charge in [-0.3, -0.25) is 14.5 Å². The fourth-order valence-corrected chi connectivity index (χ4v) is 1.89. The second kappa shape index (κ2) is 4.29. The second-order valence-corrected chi connectivity index (χ2v) is 4.42. The molecule has 0 aliphatic carbocycles. The van der Waals surface area contributed by atoms with Crippen LogP contribution < -0.4 is 0 Å². The molecule has 1 aliphatic rings. The van der Waals surface area contributed by atoms with Gasteiger partial charge in [0.15, 0.2) is 0 Å². The Balaban J connectivity index is 2.28. The third kappa shape index (κ3) is 1.73. The van der Waals surface area contributed by atoms with Crippen LogP contribution in [0, 0.1) is 5.92 Å². The normalized spacial score (nSPS) is 16.5. The van der Waals surface area contributed by atoms with Gasteiger partial charge in [-0.15, -0.1) is 0 Å². The number of rotatable bonds is 3. The van der Waals surface area contributed by atoms with Gasteiger partial charge < -0.3 is 0 Å². The minimum atomic E-state index is -0.186. The van der Waals surface area contributed by atoms with Crippen LogP contribution in [0.2, 0.25) is 0 Å². The van der Waals surface area contributed by atoms with Crippen molar-refractivity contribution < 1.29 is 9.59 Å². The molecule has 0 saturated heterocycles. The molecule has 16 heavy (non-hydrogen) atoms. The first-order valence-corrected chi connectivity index (χ1v) is 5.84. The van der Waals surface area contributed by atoms with Gasteiger partial charge in [0.05, 0.1) is 11.1 Å². The van der Waals surface area contributed by atoms with E-state index in [1.807, 2.05) is 6.92 Å². The molecule has 2 rings (SSSR count). The van der Waals surface area contributed by atoms with Crippen LogP contribution in [-0.4, -0.2) is 29.0 Å². The van der Waals surface area contributed by atoms with Gasteiger partial charge in [-0.2, -0.15) is 12.6 Å². The van der Waals surface area contributed by atoms with Gasteiger partial charge in [0.25, 0.3) is 11.8 Å². The molecular weight excluding hydrogens is 222 g/mol. The zero-order chi connectivity index (χ0) is 11.7. The Morgan fingerprint density at radius 1 is 1.19 bits per heavy atom. The monoisotopic (exact) mass is 235 g/mol. The van der Waals surface area contributed by atoms with E-state index in [0.717, 1.165) is 0 Å². The summed E-state index contributed by atoms with van der Waals surface area (Å²) in [4.78, 5) is 25.2. The number of amides is 2. The van der Waals surface area contributed by atoms with Crippen molar-refractivity contribution in [3.63, 3.8) is 0 Å². The van der Waals surface area contributed by atoms with Crippen molar-refractivity contribution in [2.24, 2.45) is 5.92 Å². The maximum absolute atomic E-state index is 11.9. The van der Waals surface area contributed by atoms with E-state index in [-0.39, 0.29) is 17.7 Å². The molecule has 1 unspecified atom stereocenters. The summed E-state index contributed by atoms with van der Waals surface area (Å²) >= 11 is 4.16. The van der Waals surface area contributed by atoms with Crippen molar-refractivity contribution in [2.75, 3.05) is 12.3 Å². The average molecular weight is 235 g/mol. The zero-order valence-corrected chi connectivity index (χ0v) is 9.91. The van der Waals surface area contributed by atoms with Gasteiger partial charge in [-0.25, -0.2) is 0 Å². The minimum Gasteiger partial charge on any atom is -0.274 e. The molecule has 0 bridgehead atoms. The molecule has 1 atom stereocenters. The lowest BCUT2D eigenvalue weighted by atomic mass is 10.1. The van der Waals surface area contributed by atoms with Gasteiger partial charge in [0.1, 0.15) is 0 Å². The number of fused-ring (bicyclic) bond motifs is 1. The Hall–Kier alpha value is -1.29. The Morgan fingerprint density at radius 2 is 1.69 bits per heavy atom. The van der Waals surface area contributed by atoms with Crippen molar-refractivity contribution in [1.82, 2.24) is 4.90 Å². The zero-order valence-electron chi connectivity index (χ0n) is 9.01. The first kappa shape index (κ1) is 11.2. The fraction of sp³-hybridized carbons (Fsp3) is 0.333. The molecule has 0 spiro atoms. The van der Waals surface area contributed by atoms with Gasteiger partial charge in [-0.1, -0.05) is 19.1 Å². The Morgan fingerprint density at radius 3 is 2.12 bits per heavy atom. The van der Waals surface area contributed by atoms with E-state index in [2.05, 4.69) is 12.6 Å². The first-order chi connectivity index (χ1) is 7.65. The number of thiol groups is 1. The number of imide groups is 1. The number of carbonyl (C=O) groups excluding carboxylic acids is 2. The molecule has 1 aliphatic heterocycles. The van der Waals surface area contributed by atoms with Crippen LogP contribution in [0.4, 0.5) is 0 Å². The van der Waals surface area contributed by atoms with Crippen LogP contribution in [0.1, 0.15) is 27.6 Å². The molecule has 1 aromatic rings. The van der Waals surface area contributed by atoms with E-state index in [4.69, 9.17) is 0 Å². The highest BCUT2D eigenvalue weighted by Crippen LogP contribution is 2.23. The maximum atomic E-state index is 11.9. The number of benzene rings is 1. The van der Waals surface area contributed by atoms with E-state index in [0.29, 0.717) is 23.4 Å². The van der Waals surface area contributed by atoms with Gasteiger partial charge in [0.2, 0.25) is 0 Å². The van der Waals surface area contributed by atoms with Crippen molar-refractivity contribution in [2.45, 2.75) is 6.92 Å². The molecule has 0 saturated carbocycles. The highest BCUT2D eigenvalue weighted by molar-refractivity contribution is 7.80. The Bertz CT molecular complexity index is 409. The Labute approximate surface area is 99.9 Å². The minimum absolute atomic E-state index is 0.186. The number of carbonyl (C=O) groups is 2. The summed E-state index contributed by atoms with van der Waals surface area (Å²) in [5.74, 6) is 0.502. The van der Waals surface area contributed by atoms with Crippen molar-refractivity contribution in [3.05, 3.63) is 35.4 Å². The molecule has 1 heterocycles. The van der Waals surface area contributed by atoms with Gasteiger partial charge in [0, 0.05) is 6.54 Å².